The number of benzene rings is 1. The van der Waals surface area contributed by atoms with Crippen LogP contribution in [0.1, 0.15) is 30.2 Å². The normalized spacial score (nSPS) is 11.0. The van der Waals surface area contributed by atoms with E-state index in [0.717, 1.165) is 12.0 Å². The summed E-state index contributed by atoms with van der Waals surface area (Å²) >= 11 is 6.13. The van der Waals surface area contributed by atoms with Crippen molar-refractivity contribution in [1.82, 2.24) is 9.97 Å². The number of nitrogens with zero attached hydrogens (tertiary/aromatic N) is 1. The molecule has 0 radical (unpaired) electrons. The van der Waals surface area contributed by atoms with Crippen molar-refractivity contribution in [3.05, 3.63) is 60.9 Å². The summed E-state index contributed by atoms with van der Waals surface area (Å²) in [5.41, 5.74) is 0.375. The molecule has 24 heavy (non-hydrogen) atoms. The highest BCUT2D eigenvalue weighted by atomic mass is 35.5. The zero-order valence-corrected chi connectivity index (χ0v) is 14.1. The van der Waals surface area contributed by atoms with Gasteiger partial charge in [0.05, 0.1) is 23.4 Å². The molecule has 0 atom stereocenters. The number of rotatable bonds is 7. The fourth-order valence-electron chi connectivity index (χ4n) is 1.93. The number of ether oxygens (including phenoxy) is 1. The molecule has 8 heteroatoms. The number of nitrogens with one attached hydrogen (secondary N) is 2. The molecule has 1 aromatic heterocycles. The quantitative estimate of drug-likeness (QED) is 0.591. The number of oxime groups is 1. The molecule has 0 bridgehead atoms. The number of hydrogen-bond donors (Lipinski definition) is 2. The molecule has 2 rings (SSSR count). The lowest BCUT2D eigenvalue weighted by atomic mass is 10.2. The van der Waals surface area contributed by atoms with E-state index in [1.807, 2.05) is 13.0 Å². The molecule has 0 aliphatic rings. The van der Waals surface area contributed by atoms with Gasteiger partial charge in [0, 0.05) is 5.69 Å². The van der Waals surface area contributed by atoms with E-state index < -0.39 is 11.2 Å². The van der Waals surface area contributed by atoms with Crippen molar-refractivity contribution in [2.24, 2.45) is 5.16 Å². The molecule has 1 heterocycles. The first-order valence-electron chi connectivity index (χ1n) is 7.41. The maximum Gasteiger partial charge on any atom is 0.325 e. The van der Waals surface area contributed by atoms with Gasteiger partial charge in [0.1, 0.15) is 12.4 Å². The zero-order chi connectivity index (χ0) is 17.5. The Morgan fingerprint density at radius 1 is 1.29 bits per heavy atom. The topological polar surface area (TPSA) is 96.5 Å². The van der Waals surface area contributed by atoms with Gasteiger partial charge in [0.2, 0.25) is 0 Å². The second-order valence-corrected chi connectivity index (χ2v) is 5.48. The third-order valence-corrected chi connectivity index (χ3v) is 3.42. The van der Waals surface area contributed by atoms with Crippen molar-refractivity contribution in [3.8, 4) is 5.75 Å². The lowest BCUT2D eigenvalue weighted by Crippen LogP contribution is -2.26. The van der Waals surface area contributed by atoms with Crippen LogP contribution in [0.25, 0.3) is 0 Å². The lowest BCUT2D eigenvalue weighted by molar-refractivity contribution is 0.132. The smallest absolute Gasteiger partial charge is 0.325 e. The van der Waals surface area contributed by atoms with E-state index in [0.29, 0.717) is 23.1 Å². The van der Waals surface area contributed by atoms with Gasteiger partial charge in [-0.1, -0.05) is 29.7 Å². The Morgan fingerprint density at radius 2 is 2.08 bits per heavy atom. The van der Waals surface area contributed by atoms with E-state index >= 15 is 0 Å². The number of hydrogen-bond acceptors (Lipinski definition) is 5. The highest BCUT2D eigenvalue weighted by molar-refractivity contribution is 6.32. The van der Waals surface area contributed by atoms with Crippen LogP contribution in [0.4, 0.5) is 0 Å². The van der Waals surface area contributed by atoms with Crippen molar-refractivity contribution in [2.45, 2.75) is 26.9 Å². The first-order valence-corrected chi connectivity index (χ1v) is 7.78. The summed E-state index contributed by atoms with van der Waals surface area (Å²) in [6, 6.07) is 5.34. The molecule has 0 aliphatic carbocycles. The highest BCUT2D eigenvalue weighted by Crippen LogP contribution is 2.25. The molecule has 128 valence electrons. The van der Waals surface area contributed by atoms with E-state index in [4.69, 9.17) is 21.2 Å². The summed E-state index contributed by atoms with van der Waals surface area (Å²) in [6.07, 6.45) is 2.16. The molecule has 0 saturated heterocycles. The summed E-state index contributed by atoms with van der Waals surface area (Å²) in [5.74, 6) is 0.626. The molecule has 0 saturated carbocycles. The lowest BCUT2D eigenvalue weighted by Gasteiger charge is -2.08. The van der Waals surface area contributed by atoms with Crippen molar-refractivity contribution >= 4 is 17.8 Å². The van der Waals surface area contributed by atoms with Crippen LogP contribution in [0.2, 0.25) is 5.02 Å². The highest BCUT2D eigenvalue weighted by Gasteiger charge is 2.04. The number of halogens is 1. The first kappa shape index (κ1) is 17.8. The number of H-pyrrole nitrogens is 2. The predicted octanol–water partition coefficient (Wildman–Crippen LogP) is 2.36. The Balaban J connectivity index is 1.98. The summed E-state index contributed by atoms with van der Waals surface area (Å²) in [4.78, 5) is 32.5. The van der Waals surface area contributed by atoms with Gasteiger partial charge in [-0.2, -0.15) is 0 Å². The molecule has 0 spiro atoms. The van der Waals surface area contributed by atoms with Gasteiger partial charge in [-0.15, -0.1) is 0 Å². The Labute approximate surface area is 143 Å². The van der Waals surface area contributed by atoms with Crippen molar-refractivity contribution in [2.75, 3.05) is 6.61 Å². The van der Waals surface area contributed by atoms with E-state index in [2.05, 4.69) is 15.1 Å². The summed E-state index contributed by atoms with van der Waals surface area (Å²) < 4.78 is 5.49. The maximum absolute atomic E-state index is 11.6. The standard InChI is InChI=1S/C16H18ClN3O4/c1-3-6-23-14-5-4-11(7-13(14)17)9-24-18-8-12-10(2)19-16(22)20-15(12)21/h4-5,7-8H,3,6,9H2,1-2H3,(H2,19,20,21,22)/b18-8+. The van der Waals surface area contributed by atoms with Crippen LogP contribution in [0, 0.1) is 6.92 Å². The molecular weight excluding hydrogens is 334 g/mol. The third-order valence-electron chi connectivity index (χ3n) is 3.12. The van der Waals surface area contributed by atoms with Crippen LogP contribution in [0.5, 0.6) is 5.75 Å². The largest absolute Gasteiger partial charge is 0.492 e. The molecule has 7 nitrogen and oxygen atoms in total. The Bertz CT molecular complexity index is 842. The van der Waals surface area contributed by atoms with E-state index in [-0.39, 0.29) is 12.2 Å². The van der Waals surface area contributed by atoms with Crippen LogP contribution in [-0.4, -0.2) is 22.8 Å². The summed E-state index contributed by atoms with van der Waals surface area (Å²) in [7, 11) is 0. The number of aromatic nitrogens is 2. The van der Waals surface area contributed by atoms with Gasteiger partial charge < -0.3 is 14.6 Å². The number of aryl methyl sites for hydroxylation is 1. The fourth-order valence-corrected chi connectivity index (χ4v) is 2.19. The predicted molar refractivity (Wildman–Crippen MR) is 92.0 cm³/mol. The summed E-state index contributed by atoms with van der Waals surface area (Å²) in [5, 5.41) is 4.25. The zero-order valence-electron chi connectivity index (χ0n) is 13.4. The van der Waals surface area contributed by atoms with Gasteiger partial charge in [0.25, 0.3) is 5.56 Å². The Hall–Kier alpha value is -2.54. The monoisotopic (exact) mass is 351 g/mol. The minimum absolute atomic E-state index is 0.185. The SMILES string of the molecule is CCCOc1ccc(CO/N=C/c2c(C)[nH]c(=O)[nH]c2=O)cc1Cl. The van der Waals surface area contributed by atoms with Crippen molar-refractivity contribution in [3.63, 3.8) is 0 Å². The van der Waals surface area contributed by atoms with Gasteiger partial charge in [-0.05, 0) is 31.0 Å². The van der Waals surface area contributed by atoms with Gasteiger partial charge >= 0.3 is 5.69 Å². The van der Waals surface area contributed by atoms with Crippen LogP contribution < -0.4 is 16.0 Å². The fraction of sp³-hybridized carbons (Fsp3) is 0.312. The Morgan fingerprint density at radius 3 is 2.75 bits per heavy atom. The molecule has 0 amide bonds. The van der Waals surface area contributed by atoms with Gasteiger partial charge in [-0.25, -0.2) is 4.79 Å². The van der Waals surface area contributed by atoms with Crippen LogP contribution in [0.15, 0.2) is 32.9 Å². The minimum Gasteiger partial charge on any atom is -0.492 e. The maximum atomic E-state index is 11.6. The average molecular weight is 352 g/mol. The second kappa shape index (κ2) is 8.35. The molecular formula is C16H18ClN3O4. The first-order chi connectivity index (χ1) is 11.5. The van der Waals surface area contributed by atoms with Crippen LogP contribution in [0.3, 0.4) is 0 Å². The molecule has 0 unspecified atom stereocenters. The van der Waals surface area contributed by atoms with Crippen LogP contribution in [-0.2, 0) is 11.4 Å². The third kappa shape index (κ3) is 4.73. The van der Waals surface area contributed by atoms with E-state index in [1.54, 1.807) is 19.1 Å². The molecule has 2 aromatic rings. The number of aromatic amines is 2. The molecule has 0 fully saturated rings. The van der Waals surface area contributed by atoms with E-state index in [9.17, 15) is 9.59 Å². The van der Waals surface area contributed by atoms with Crippen molar-refractivity contribution in [1.29, 1.82) is 0 Å². The van der Waals surface area contributed by atoms with Gasteiger partial charge in [0.15, 0.2) is 0 Å². The van der Waals surface area contributed by atoms with Crippen LogP contribution >= 0.6 is 11.6 Å². The molecule has 0 aliphatic heterocycles. The molecule has 1 aromatic carbocycles. The molecule has 2 N–H and O–H groups in total. The summed E-state index contributed by atoms with van der Waals surface area (Å²) in [6.45, 7) is 4.41. The van der Waals surface area contributed by atoms with Crippen molar-refractivity contribution < 1.29 is 9.57 Å². The minimum atomic E-state index is -0.560. The van der Waals surface area contributed by atoms with E-state index in [1.165, 1.54) is 6.21 Å². The van der Waals surface area contributed by atoms with Gasteiger partial charge in [-0.3, -0.25) is 9.78 Å². The average Bonchev–Trinajstić information content (AvgIpc) is 2.52. The Kier molecular flexibility index (Phi) is 6.20. The second-order valence-electron chi connectivity index (χ2n) is 5.07.